The lowest BCUT2D eigenvalue weighted by Crippen LogP contribution is -2.30. The summed E-state index contributed by atoms with van der Waals surface area (Å²) in [6.45, 7) is 1.36. The number of anilines is 1. The van der Waals surface area contributed by atoms with Crippen molar-refractivity contribution in [1.82, 2.24) is 4.57 Å². The van der Waals surface area contributed by atoms with Crippen LogP contribution in [0.25, 0.3) is 0 Å². The van der Waals surface area contributed by atoms with E-state index in [4.69, 9.17) is 4.74 Å². The number of nitrogens with zero attached hydrogens (tertiary/aromatic N) is 2. The topological polar surface area (TPSA) is 103 Å². The lowest BCUT2D eigenvalue weighted by molar-refractivity contribution is -0.387. The molecule has 0 unspecified atom stereocenters. The first-order valence-corrected chi connectivity index (χ1v) is 6.86. The van der Waals surface area contributed by atoms with Gasteiger partial charge in [-0.15, -0.1) is 0 Å². The molecule has 2 rings (SSSR count). The Labute approximate surface area is 136 Å². The maximum atomic E-state index is 13.3. The fourth-order valence-electron chi connectivity index (χ4n) is 1.92. The molecule has 1 N–H and O–H groups in total. The van der Waals surface area contributed by atoms with Crippen molar-refractivity contribution in [1.29, 1.82) is 0 Å². The van der Waals surface area contributed by atoms with Crippen molar-refractivity contribution < 1.29 is 23.6 Å². The number of nitrogens with one attached hydrogen (secondary N) is 1. The SMILES string of the molecule is C[C@@H](OC(=O)c1cccn1C)C(=O)Nc1ccc(F)c([N+](=O)[O-])c1. The van der Waals surface area contributed by atoms with Crippen LogP contribution in [0.5, 0.6) is 0 Å². The van der Waals surface area contributed by atoms with Gasteiger partial charge in [0.1, 0.15) is 5.69 Å². The maximum Gasteiger partial charge on any atom is 0.355 e. The molecule has 1 heterocycles. The maximum absolute atomic E-state index is 13.3. The third-order valence-electron chi connectivity index (χ3n) is 3.22. The molecule has 0 aliphatic heterocycles. The Morgan fingerprint density at radius 3 is 2.67 bits per heavy atom. The number of halogens is 1. The van der Waals surface area contributed by atoms with Gasteiger partial charge in [0.05, 0.1) is 4.92 Å². The number of esters is 1. The Morgan fingerprint density at radius 2 is 2.08 bits per heavy atom. The Morgan fingerprint density at radius 1 is 1.38 bits per heavy atom. The van der Waals surface area contributed by atoms with E-state index in [1.165, 1.54) is 23.6 Å². The van der Waals surface area contributed by atoms with Crippen LogP contribution in [-0.4, -0.2) is 27.5 Å². The molecule has 1 aromatic heterocycles. The van der Waals surface area contributed by atoms with Gasteiger partial charge in [0.2, 0.25) is 5.82 Å². The molecule has 0 radical (unpaired) electrons. The summed E-state index contributed by atoms with van der Waals surface area (Å²) in [5, 5.41) is 13.0. The van der Waals surface area contributed by atoms with E-state index < -0.39 is 34.4 Å². The predicted molar refractivity (Wildman–Crippen MR) is 82.0 cm³/mol. The van der Waals surface area contributed by atoms with E-state index in [1.54, 1.807) is 19.3 Å². The molecule has 126 valence electrons. The summed E-state index contributed by atoms with van der Waals surface area (Å²) >= 11 is 0. The molecular formula is C15H14FN3O5. The normalized spacial score (nSPS) is 11.6. The summed E-state index contributed by atoms with van der Waals surface area (Å²) < 4.78 is 19.8. The lowest BCUT2D eigenvalue weighted by atomic mass is 10.2. The van der Waals surface area contributed by atoms with E-state index in [0.717, 1.165) is 12.1 Å². The molecule has 0 aliphatic rings. The number of aryl methyl sites for hydroxylation is 1. The highest BCUT2D eigenvalue weighted by molar-refractivity contribution is 5.97. The van der Waals surface area contributed by atoms with Crippen LogP contribution < -0.4 is 5.32 Å². The fourth-order valence-corrected chi connectivity index (χ4v) is 1.92. The number of nitro benzene ring substituents is 1. The first-order chi connectivity index (χ1) is 11.3. The number of benzene rings is 1. The van der Waals surface area contributed by atoms with E-state index in [2.05, 4.69) is 5.32 Å². The van der Waals surface area contributed by atoms with Crippen LogP contribution in [0, 0.1) is 15.9 Å². The monoisotopic (exact) mass is 335 g/mol. The van der Waals surface area contributed by atoms with Gasteiger partial charge >= 0.3 is 11.7 Å². The number of ether oxygens (including phenoxy) is 1. The molecule has 9 heteroatoms. The predicted octanol–water partition coefficient (Wildman–Crippen LogP) is 2.26. The van der Waals surface area contributed by atoms with Gasteiger partial charge in [0.25, 0.3) is 5.91 Å². The van der Waals surface area contributed by atoms with Crippen molar-refractivity contribution in [3.05, 3.63) is 58.2 Å². The van der Waals surface area contributed by atoms with Crippen molar-refractivity contribution >= 4 is 23.3 Å². The molecule has 0 spiro atoms. The van der Waals surface area contributed by atoms with Gasteiger partial charge in [-0.25, -0.2) is 4.79 Å². The number of hydrogen-bond donors (Lipinski definition) is 1. The van der Waals surface area contributed by atoms with Gasteiger partial charge < -0.3 is 14.6 Å². The standard InChI is InChI=1S/C15H14FN3O5/c1-9(24-15(21)12-4-3-7-18(12)2)14(20)17-10-5-6-11(16)13(8-10)19(22)23/h3-9H,1-2H3,(H,17,20)/t9-/m1/s1. The van der Waals surface area contributed by atoms with Crippen LogP contribution in [0.4, 0.5) is 15.8 Å². The average Bonchev–Trinajstić information content (AvgIpc) is 2.95. The molecular weight excluding hydrogens is 321 g/mol. The van der Waals surface area contributed by atoms with E-state index in [1.807, 2.05) is 0 Å². The minimum absolute atomic E-state index is 0.0230. The first kappa shape index (κ1) is 17.1. The highest BCUT2D eigenvalue weighted by atomic mass is 19.1. The molecule has 0 saturated carbocycles. The van der Waals surface area contributed by atoms with Gasteiger partial charge in [-0.1, -0.05) is 0 Å². The second kappa shape index (κ2) is 6.90. The number of amides is 1. The molecule has 1 aromatic carbocycles. The highest BCUT2D eigenvalue weighted by Gasteiger charge is 2.22. The zero-order valence-electron chi connectivity index (χ0n) is 12.9. The molecule has 0 aliphatic carbocycles. The second-order valence-corrected chi connectivity index (χ2v) is 4.96. The van der Waals surface area contributed by atoms with Crippen LogP contribution in [0.3, 0.4) is 0 Å². The summed E-state index contributed by atoms with van der Waals surface area (Å²) in [5.74, 6) is -2.39. The van der Waals surface area contributed by atoms with E-state index in [-0.39, 0.29) is 11.4 Å². The summed E-state index contributed by atoms with van der Waals surface area (Å²) in [5.41, 5.74) is -0.469. The number of hydrogen-bond acceptors (Lipinski definition) is 5. The summed E-state index contributed by atoms with van der Waals surface area (Å²) in [7, 11) is 1.65. The number of carbonyl (C=O) groups excluding carboxylic acids is 2. The average molecular weight is 335 g/mol. The smallest absolute Gasteiger partial charge is 0.355 e. The molecule has 0 saturated heterocycles. The first-order valence-electron chi connectivity index (χ1n) is 6.86. The van der Waals surface area contributed by atoms with Crippen LogP contribution in [0.2, 0.25) is 0 Å². The molecule has 0 fully saturated rings. The number of aromatic nitrogens is 1. The van der Waals surface area contributed by atoms with Crippen molar-refractivity contribution in [2.24, 2.45) is 7.05 Å². The number of nitro groups is 1. The van der Waals surface area contributed by atoms with E-state index in [0.29, 0.717) is 0 Å². The van der Waals surface area contributed by atoms with Gasteiger partial charge in [0.15, 0.2) is 6.10 Å². The Kier molecular flexibility index (Phi) is 4.93. The van der Waals surface area contributed by atoms with E-state index >= 15 is 0 Å². The van der Waals surface area contributed by atoms with Crippen molar-refractivity contribution in [2.75, 3.05) is 5.32 Å². The Hall–Kier alpha value is -3.23. The highest BCUT2D eigenvalue weighted by Crippen LogP contribution is 2.21. The van der Waals surface area contributed by atoms with E-state index in [9.17, 15) is 24.1 Å². The van der Waals surface area contributed by atoms with Gasteiger partial charge in [-0.2, -0.15) is 4.39 Å². The van der Waals surface area contributed by atoms with Gasteiger partial charge in [-0.05, 0) is 31.2 Å². The number of rotatable bonds is 5. The van der Waals surface area contributed by atoms with Gasteiger partial charge in [0, 0.05) is 25.0 Å². The van der Waals surface area contributed by atoms with Crippen LogP contribution in [0.15, 0.2) is 36.5 Å². The summed E-state index contributed by atoms with van der Waals surface area (Å²) in [4.78, 5) is 33.7. The van der Waals surface area contributed by atoms with Crippen molar-refractivity contribution in [3.63, 3.8) is 0 Å². The molecule has 24 heavy (non-hydrogen) atoms. The number of carbonyl (C=O) groups is 2. The Bertz CT molecular complexity index is 802. The fraction of sp³-hybridized carbons (Fsp3) is 0.200. The quantitative estimate of drug-likeness (QED) is 0.513. The van der Waals surface area contributed by atoms with Crippen molar-refractivity contribution in [3.8, 4) is 0 Å². The molecule has 8 nitrogen and oxygen atoms in total. The third kappa shape index (κ3) is 3.75. The molecule has 2 aromatic rings. The summed E-state index contributed by atoms with van der Waals surface area (Å²) in [6, 6.07) is 6.12. The lowest BCUT2D eigenvalue weighted by Gasteiger charge is -2.13. The zero-order valence-corrected chi connectivity index (χ0v) is 12.9. The largest absolute Gasteiger partial charge is 0.448 e. The van der Waals surface area contributed by atoms with Crippen LogP contribution in [-0.2, 0) is 16.6 Å². The second-order valence-electron chi connectivity index (χ2n) is 4.96. The summed E-state index contributed by atoms with van der Waals surface area (Å²) in [6.07, 6.45) is 0.510. The minimum atomic E-state index is -1.14. The van der Waals surface area contributed by atoms with Crippen molar-refractivity contribution in [2.45, 2.75) is 13.0 Å². The van der Waals surface area contributed by atoms with Crippen LogP contribution in [0.1, 0.15) is 17.4 Å². The molecule has 1 atom stereocenters. The molecule has 1 amide bonds. The van der Waals surface area contributed by atoms with Gasteiger partial charge in [-0.3, -0.25) is 14.9 Å². The zero-order chi connectivity index (χ0) is 17.9. The third-order valence-corrected chi connectivity index (χ3v) is 3.22. The Balaban J connectivity index is 2.04. The van der Waals surface area contributed by atoms with Crippen LogP contribution >= 0.6 is 0 Å². The molecule has 0 bridgehead atoms. The minimum Gasteiger partial charge on any atom is -0.448 e.